The van der Waals surface area contributed by atoms with Crippen LogP contribution in [0.4, 0.5) is 26.3 Å². The summed E-state index contributed by atoms with van der Waals surface area (Å²) in [5.41, 5.74) is 3.78. The molecule has 2 aliphatic heterocycles. The average Bonchev–Trinajstić information content (AvgIpc) is 3.07. The van der Waals surface area contributed by atoms with Gasteiger partial charge >= 0.3 is 12.4 Å². The Morgan fingerprint density at radius 3 is 1.61 bits per heavy atom. The minimum absolute atomic E-state index is 0.0620. The highest BCUT2D eigenvalue weighted by atomic mass is 79.9. The van der Waals surface area contributed by atoms with Crippen molar-refractivity contribution in [2.24, 2.45) is 0 Å². The molecule has 4 aromatic rings. The first-order chi connectivity index (χ1) is 23.0. The summed E-state index contributed by atoms with van der Waals surface area (Å²) in [6.07, 6.45) is -7.44. The van der Waals surface area contributed by atoms with E-state index in [1.165, 1.54) is 12.1 Å². The lowest BCUT2D eigenvalue weighted by Gasteiger charge is -2.21. The number of alkyl halides is 7. The molecule has 2 unspecified atom stereocenters. The third kappa shape index (κ3) is 10.1. The summed E-state index contributed by atoms with van der Waals surface area (Å²) >= 11 is 3.52. The van der Waals surface area contributed by atoms with Crippen LogP contribution >= 0.6 is 15.9 Å². The standard InChI is InChI=1S/C16H11F3N2O.C15H11BrF3NO.C4H9NSi/c17-16(18,19)12-3-1-2-10(8-12)13-4-5-14-15(21-13)11(9-20)6-7-22-14;16-11-6-7-21-13-5-4-12(20-14(11)13)9-2-1-3-10(8-9)15(17,18)19;1-6(2,3)4-5/h1-5,8,11H,6-7H2;1-5,8,11H,6-7H2;1-3H3. The monoisotopic (exact) mass is 760 g/mol. The van der Waals surface area contributed by atoms with Gasteiger partial charge in [-0.05, 0) is 55.0 Å². The molecule has 0 saturated carbocycles. The highest BCUT2D eigenvalue weighted by molar-refractivity contribution is 9.09. The van der Waals surface area contributed by atoms with Gasteiger partial charge in [0.05, 0.1) is 58.2 Å². The number of fused-ring (bicyclic) bond motifs is 2. The summed E-state index contributed by atoms with van der Waals surface area (Å²) in [6.45, 7) is 7.11. The van der Waals surface area contributed by atoms with Crippen LogP contribution in [-0.2, 0) is 12.4 Å². The van der Waals surface area contributed by atoms with Crippen molar-refractivity contribution in [2.75, 3.05) is 13.2 Å². The molecule has 256 valence electrons. The van der Waals surface area contributed by atoms with Crippen molar-refractivity contribution in [3.05, 3.63) is 95.3 Å². The molecule has 0 radical (unpaired) electrons. The zero-order valence-corrected chi connectivity index (χ0v) is 29.2. The van der Waals surface area contributed by atoms with Crippen molar-refractivity contribution in [3.8, 4) is 45.8 Å². The van der Waals surface area contributed by atoms with Crippen molar-refractivity contribution in [1.29, 1.82) is 10.5 Å². The van der Waals surface area contributed by atoms with Crippen molar-refractivity contribution < 1.29 is 35.8 Å². The summed E-state index contributed by atoms with van der Waals surface area (Å²) in [7, 11) is -1.33. The fourth-order valence-corrected chi connectivity index (χ4v) is 5.15. The Morgan fingerprint density at radius 2 is 1.16 bits per heavy atom. The van der Waals surface area contributed by atoms with E-state index in [9.17, 15) is 26.3 Å². The van der Waals surface area contributed by atoms with Crippen LogP contribution in [0.2, 0.25) is 19.6 Å². The lowest BCUT2D eigenvalue weighted by Crippen LogP contribution is -2.15. The van der Waals surface area contributed by atoms with Gasteiger partial charge in [-0.2, -0.15) is 31.6 Å². The maximum atomic E-state index is 12.8. The number of halogens is 7. The number of ether oxygens (including phenoxy) is 2. The van der Waals surface area contributed by atoms with Gasteiger partial charge in [0.25, 0.3) is 0 Å². The number of pyridine rings is 2. The first-order valence-electron chi connectivity index (χ1n) is 15.1. The molecule has 0 amide bonds. The molecule has 2 aromatic heterocycles. The predicted molar refractivity (Wildman–Crippen MR) is 179 cm³/mol. The van der Waals surface area contributed by atoms with Crippen molar-refractivity contribution >= 4 is 24.0 Å². The van der Waals surface area contributed by atoms with E-state index in [4.69, 9.17) is 20.0 Å². The lowest BCUT2D eigenvalue weighted by atomic mass is 9.98. The molecule has 6 rings (SSSR count). The Labute approximate surface area is 289 Å². The van der Waals surface area contributed by atoms with Gasteiger partial charge < -0.3 is 9.47 Å². The summed E-state index contributed by atoms with van der Waals surface area (Å²) < 4.78 is 87.6. The van der Waals surface area contributed by atoms with Crippen molar-refractivity contribution in [3.63, 3.8) is 0 Å². The molecule has 0 spiro atoms. The molecule has 0 saturated heterocycles. The number of nitriles is 2. The van der Waals surface area contributed by atoms with Gasteiger partial charge in [-0.15, -0.1) is 0 Å². The van der Waals surface area contributed by atoms with Crippen molar-refractivity contribution in [2.45, 2.75) is 55.6 Å². The molecule has 2 atom stereocenters. The Balaban J connectivity index is 0.000000190. The maximum absolute atomic E-state index is 12.8. The highest BCUT2D eigenvalue weighted by Crippen LogP contribution is 2.39. The van der Waals surface area contributed by atoms with Gasteiger partial charge in [0, 0.05) is 23.2 Å². The Morgan fingerprint density at radius 1 is 0.714 bits per heavy atom. The van der Waals surface area contributed by atoms with E-state index >= 15 is 0 Å². The summed E-state index contributed by atoms with van der Waals surface area (Å²) in [6, 6.07) is 19.0. The normalized spacial score (nSPS) is 16.7. The second kappa shape index (κ2) is 15.4. The molecule has 0 bridgehead atoms. The van der Waals surface area contributed by atoms with E-state index in [1.807, 2.05) is 19.6 Å². The third-order valence-corrected chi connectivity index (χ3v) is 8.72. The first kappa shape index (κ1) is 37.4. The molecule has 6 nitrogen and oxygen atoms in total. The summed E-state index contributed by atoms with van der Waals surface area (Å²) in [4.78, 5) is 8.85. The minimum Gasteiger partial charge on any atom is -0.492 e. The molecule has 4 heterocycles. The molecule has 14 heteroatoms. The van der Waals surface area contributed by atoms with Gasteiger partial charge in [-0.25, -0.2) is 15.2 Å². The molecule has 2 aliphatic rings. The number of hydrogen-bond donors (Lipinski definition) is 0. The zero-order valence-electron chi connectivity index (χ0n) is 26.7. The van der Waals surface area contributed by atoms with Gasteiger partial charge in [-0.3, -0.25) is 0 Å². The van der Waals surface area contributed by atoms with Crippen LogP contribution in [0.1, 0.15) is 46.1 Å². The fraction of sp³-hybridized carbons (Fsp3) is 0.314. The molecule has 0 fully saturated rings. The molecule has 0 aliphatic carbocycles. The van der Waals surface area contributed by atoms with E-state index in [-0.39, 0.29) is 4.83 Å². The Kier molecular flexibility index (Phi) is 11.8. The lowest BCUT2D eigenvalue weighted by molar-refractivity contribution is -0.138. The predicted octanol–water partition coefficient (Wildman–Crippen LogP) is 10.5. The molecule has 0 N–H and O–H groups in total. The van der Waals surface area contributed by atoms with Crippen LogP contribution in [0, 0.1) is 22.3 Å². The molecular weight excluding hydrogens is 730 g/mol. The number of rotatable bonds is 2. The number of hydrogen-bond acceptors (Lipinski definition) is 6. The van der Waals surface area contributed by atoms with E-state index < -0.39 is 37.5 Å². The number of nitrogens with zero attached hydrogens (tertiary/aromatic N) is 4. The van der Waals surface area contributed by atoms with Crippen LogP contribution in [0.25, 0.3) is 22.5 Å². The number of aromatic nitrogens is 2. The summed E-state index contributed by atoms with van der Waals surface area (Å²) in [5, 5.41) is 17.4. The topological polar surface area (TPSA) is 91.8 Å². The first-order valence-corrected chi connectivity index (χ1v) is 19.5. The smallest absolute Gasteiger partial charge is 0.416 e. The average molecular weight is 762 g/mol. The Bertz CT molecular complexity index is 1870. The largest absolute Gasteiger partial charge is 0.492 e. The second-order valence-electron chi connectivity index (χ2n) is 12.1. The number of benzene rings is 2. The van der Waals surface area contributed by atoms with Crippen LogP contribution in [0.5, 0.6) is 11.5 Å². The van der Waals surface area contributed by atoms with Crippen LogP contribution in [-0.4, -0.2) is 31.3 Å². The van der Waals surface area contributed by atoms with Crippen LogP contribution in [0.15, 0.2) is 72.8 Å². The van der Waals surface area contributed by atoms with E-state index in [0.717, 1.165) is 36.4 Å². The van der Waals surface area contributed by atoms with Crippen molar-refractivity contribution in [1.82, 2.24) is 9.97 Å². The molecule has 49 heavy (non-hydrogen) atoms. The van der Waals surface area contributed by atoms with Gasteiger partial charge in [-0.1, -0.05) is 59.8 Å². The SMILES string of the molecule is C[Si](C)(C)C#N.FC(F)(F)c1cccc(-c2ccc3c(n2)C(Br)CCO3)c1.N#CC1CCOc2ccc(-c3cccc(C(F)(F)F)c3)nc21. The van der Waals surface area contributed by atoms with Crippen LogP contribution < -0.4 is 9.47 Å². The zero-order chi connectivity index (χ0) is 36.0. The Hall–Kier alpha value is -4.40. The third-order valence-electron chi connectivity index (χ3n) is 7.15. The maximum Gasteiger partial charge on any atom is 0.416 e. The van der Waals surface area contributed by atoms with Crippen LogP contribution in [0.3, 0.4) is 0 Å². The molecular formula is C35H31BrF6N4O2Si. The second-order valence-corrected chi connectivity index (χ2v) is 17.9. The highest BCUT2D eigenvalue weighted by Gasteiger charge is 2.32. The fourth-order valence-electron chi connectivity index (χ4n) is 4.63. The quantitative estimate of drug-likeness (QED) is 0.115. The van der Waals surface area contributed by atoms with Gasteiger partial charge in [0.15, 0.2) is 8.07 Å². The summed E-state index contributed by atoms with van der Waals surface area (Å²) in [5.74, 6) is 0.807. The van der Waals surface area contributed by atoms with Gasteiger partial charge in [0.1, 0.15) is 17.2 Å². The van der Waals surface area contributed by atoms with E-state index in [1.54, 1.807) is 36.4 Å². The molecule has 2 aromatic carbocycles. The minimum atomic E-state index is -4.40. The van der Waals surface area contributed by atoms with Gasteiger partial charge in [0.2, 0.25) is 0 Å². The van der Waals surface area contributed by atoms with E-state index in [0.29, 0.717) is 59.3 Å². The van der Waals surface area contributed by atoms with E-state index in [2.05, 4.69) is 37.7 Å².